The lowest BCUT2D eigenvalue weighted by atomic mass is 10.1. The monoisotopic (exact) mass is 294 g/mol. The molecule has 0 aliphatic carbocycles. The molecular weight excluding hydrogens is 272 g/mol. The van der Waals surface area contributed by atoms with Gasteiger partial charge in [0.05, 0.1) is 11.5 Å². The van der Waals surface area contributed by atoms with E-state index in [1.54, 1.807) is 12.1 Å². The van der Waals surface area contributed by atoms with Crippen molar-refractivity contribution in [2.45, 2.75) is 45.4 Å². The van der Waals surface area contributed by atoms with Crippen LogP contribution in [0, 0.1) is 10.1 Å². The fourth-order valence-electron chi connectivity index (χ4n) is 2.22. The third kappa shape index (κ3) is 4.68. The summed E-state index contributed by atoms with van der Waals surface area (Å²) in [4.78, 5) is 10.8. The van der Waals surface area contributed by atoms with E-state index in [1.807, 2.05) is 19.9 Å². The van der Waals surface area contributed by atoms with Crippen LogP contribution in [-0.2, 0) is 11.3 Å². The maximum atomic E-state index is 11.2. The Balaban J connectivity index is 2.10. The van der Waals surface area contributed by atoms with Gasteiger partial charge in [-0.15, -0.1) is 0 Å². The quantitative estimate of drug-likeness (QED) is 0.645. The summed E-state index contributed by atoms with van der Waals surface area (Å²) in [6.07, 6.45) is 1.69. The van der Waals surface area contributed by atoms with Crippen molar-refractivity contribution in [3.8, 4) is 5.75 Å². The minimum absolute atomic E-state index is 0.0172. The second-order valence-corrected chi connectivity index (χ2v) is 5.55. The van der Waals surface area contributed by atoms with E-state index in [0.717, 1.165) is 25.0 Å². The summed E-state index contributed by atoms with van der Waals surface area (Å²) >= 11 is 0. The Morgan fingerprint density at radius 1 is 1.52 bits per heavy atom. The lowest BCUT2D eigenvalue weighted by molar-refractivity contribution is -0.386. The SMILES string of the molecule is CC(C)NCc1ccc(OC2CCCOC2)c([N+](=O)[O-])c1. The molecule has 0 spiro atoms. The van der Waals surface area contributed by atoms with Gasteiger partial charge in [0.2, 0.25) is 0 Å². The molecule has 0 aromatic heterocycles. The highest BCUT2D eigenvalue weighted by Crippen LogP contribution is 2.30. The number of nitro groups is 1. The fraction of sp³-hybridized carbons (Fsp3) is 0.600. The Kier molecular flexibility index (Phi) is 5.52. The van der Waals surface area contributed by atoms with Crippen molar-refractivity contribution >= 4 is 5.69 Å². The Hall–Kier alpha value is -1.66. The molecule has 1 atom stereocenters. The second-order valence-electron chi connectivity index (χ2n) is 5.55. The van der Waals surface area contributed by atoms with E-state index in [9.17, 15) is 10.1 Å². The minimum atomic E-state index is -0.391. The highest BCUT2D eigenvalue weighted by molar-refractivity contribution is 5.48. The number of ether oxygens (including phenoxy) is 2. The summed E-state index contributed by atoms with van der Waals surface area (Å²) in [5, 5.41) is 14.5. The molecule has 1 N–H and O–H groups in total. The van der Waals surface area contributed by atoms with E-state index < -0.39 is 4.92 Å². The zero-order valence-corrected chi connectivity index (χ0v) is 12.5. The molecule has 1 saturated heterocycles. The van der Waals surface area contributed by atoms with Crippen LogP contribution in [0.1, 0.15) is 32.3 Å². The van der Waals surface area contributed by atoms with Gasteiger partial charge < -0.3 is 14.8 Å². The van der Waals surface area contributed by atoms with Gasteiger partial charge in [-0.3, -0.25) is 10.1 Å². The first-order valence-electron chi connectivity index (χ1n) is 7.31. The number of nitrogens with one attached hydrogen (secondary N) is 1. The summed E-state index contributed by atoms with van der Waals surface area (Å²) < 4.78 is 11.1. The molecule has 0 bridgehead atoms. The molecule has 1 heterocycles. The molecule has 0 radical (unpaired) electrons. The Morgan fingerprint density at radius 3 is 2.95 bits per heavy atom. The van der Waals surface area contributed by atoms with E-state index in [2.05, 4.69) is 5.32 Å². The molecule has 1 aromatic rings. The van der Waals surface area contributed by atoms with Crippen LogP contribution in [0.15, 0.2) is 18.2 Å². The number of benzene rings is 1. The number of nitro benzene ring substituents is 1. The van der Waals surface area contributed by atoms with E-state index in [-0.39, 0.29) is 11.8 Å². The van der Waals surface area contributed by atoms with Crippen LogP contribution in [-0.4, -0.2) is 30.3 Å². The molecule has 1 unspecified atom stereocenters. The molecule has 2 rings (SSSR count). The molecule has 1 aliphatic rings. The standard InChI is InChI=1S/C15H22N2O4/c1-11(2)16-9-12-5-6-15(14(8-12)17(18)19)21-13-4-3-7-20-10-13/h5-6,8,11,13,16H,3-4,7,9-10H2,1-2H3. The van der Waals surface area contributed by atoms with Crippen molar-refractivity contribution in [3.05, 3.63) is 33.9 Å². The maximum Gasteiger partial charge on any atom is 0.311 e. The highest BCUT2D eigenvalue weighted by Gasteiger charge is 2.21. The molecule has 1 aliphatic heterocycles. The molecule has 1 aromatic carbocycles. The largest absolute Gasteiger partial charge is 0.481 e. The molecule has 6 heteroatoms. The van der Waals surface area contributed by atoms with Gasteiger partial charge in [0.1, 0.15) is 6.10 Å². The lowest BCUT2D eigenvalue weighted by Crippen LogP contribution is -2.28. The van der Waals surface area contributed by atoms with Crippen molar-refractivity contribution in [3.63, 3.8) is 0 Å². The van der Waals surface area contributed by atoms with Crippen LogP contribution in [0.5, 0.6) is 5.75 Å². The zero-order valence-electron chi connectivity index (χ0n) is 12.5. The number of hydrogen-bond donors (Lipinski definition) is 1. The molecule has 0 amide bonds. The summed E-state index contributed by atoms with van der Waals surface area (Å²) in [5.74, 6) is 0.323. The van der Waals surface area contributed by atoms with E-state index in [4.69, 9.17) is 9.47 Å². The van der Waals surface area contributed by atoms with Gasteiger partial charge in [0.15, 0.2) is 5.75 Å². The zero-order chi connectivity index (χ0) is 15.2. The van der Waals surface area contributed by atoms with Gasteiger partial charge >= 0.3 is 5.69 Å². The highest BCUT2D eigenvalue weighted by atomic mass is 16.6. The minimum Gasteiger partial charge on any atom is -0.481 e. The van der Waals surface area contributed by atoms with Crippen molar-refractivity contribution in [2.75, 3.05) is 13.2 Å². The van der Waals surface area contributed by atoms with Gasteiger partial charge in [-0.05, 0) is 24.5 Å². The first-order chi connectivity index (χ1) is 10.1. The van der Waals surface area contributed by atoms with E-state index in [0.29, 0.717) is 24.9 Å². The topological polar surface area (TPSA) is 73.6 Å². The van der Waals surface area contributed by atoms with Crippen molar-refractivity contribution in [1.29, 1.82) is 0 Å². The van der Waals surface area contributed by atoms with Crippen LogP contribution >= 0.6 is 0 Å². The average molecular weight is 294 g/mol. The van der Waals surface area contributed by atoms with Crippen LogP contribution < -0.4 is 10.1 Å². The van der Waals surface area contributed by atoms with Crippen LogP contribution in [0.2, 0.25) is 0 Å². The van der Waals surface area contributed by atoms with E-state index in [1.165, 1.54) is 0 Å². The van der Waals surface area contributed by atoms with Crippen LogP contribution in [0.3, 0.4) is 0 Å². The first-order valence-corrected chi connectivity index (χ1v) is 7.31. The Morgan fingerprint density at radius 2 is 2.33 bits per heavy atom. The van der Waals surface area contributed by atoms with Gasteiger partial charge in [0, 0.05) is 25.3 Å². The molecule has 21 heavy (non-hydrogen) atoms. The number of hydrogen-bond acceptors (Lipinski definition) is 5. The van der Waals surface area contributed by atoms with Gasteiger partial charge in [-0.1, -0.05) is 19.9 Å². The average Bonchev–Trinajstić information content (AvgIpc) is 2.47. The summed E-state index contributed by atoms with van der Waals surface area (Å²) in [7, 11) is 0. The van der Waals surface area contributed by atoms with Gasteiger partial charge in [0.25, 0.3) is 0 Å². The predicted octanol–water partition coefficient (Wildman–Crippen LogP) is 2.65. The smallest absolute Gasteiger partial charge is 0.311 e. The van der Waals surface area contributed by atoms with Gasteiger partial charge in [-0.25, -0.2) is 0 Å². The normalized spacial score (nSPS) is 18.7. The Labute approximate surface area is 124 Å². The first kappa shape index (κ1) is 15.7. The van der Waals surface area contributed by atoms with Crippen LogP contribution in [0.4, 0.5) is 5.69 Å². The van der Waals surface area contributed by atoms with Crippen LogP contribution in [0.25, 0.3) is 0 Å². The molecular formula is C15H22N2O4. The molecule has 1 fully saturated rings. The molecule has 116 valence electrons. The number of rotatable bonds is 6. The molecule has 0 saturated carbocycles. The van der Waals surface area contributed by atoms with Crippen molar-refractivity contribution in [1.82, 2.24) is 5.32 Å². The second kappa shape index (κ2) is 7.38. The van der Waals surface area contributed by atoms with Crippen molar-refractivity contribution < 1.29 is 14.4 Å². The lowest BCUT2D eigenvalue weighted by Gasteiger charge is -2.23. The van der Waals surface area contributed by atoms with E-state index >= 15 is 0 Å². The molecule has 6 nitrogen and oxygen atoms in total. The summed E-state index contributed by atoms with van der Waals surface area (Å²) in [6.45, 7) is 5.91. The predicted molar refractivity (Wildman–Crippen MR) is 79.5 cm³/mol. The third-order valence-corrected chi connectivity index (χ3v) is 3.35. The Bertz CT molecular complexity index is 485. The van der Waals surface area contributed by atoms with Crippen molar-refractivity contribution in [2.24, 2.45) is 0 Å². The number of nitrogens with zero attached hydrogens (tertiary/aromatic N) is 1. The maximum absolute atomic E-state index is 11.2. The fourth-order valence-corrected chi connectivity index (χ4v) is 2.22. The summed E-state index contributed by atoms with van der Waals surface area (Å²) in [6, 6.07) is 5.46. The summed E-state index contributed by atoms with van der Waals surface area (Å²) in [5.41, 5.74) is 0.895. The third-order valence-electron chi connectivity index (χ3n) is 3.35. The van der Waals surface area contributed by atoms with Gasteiger partial charge in [-0.2, -0.15) is 0 Å².